The molecule has 18 heavy (non-hydrogen) atoms. The zero-order chi connectivity index (χ0) is 13.6. The minimum Gasteiger partial charge on any atom is -0.375 e. The van der Waals surface area contributed by atoms with Gasteiger partial charge in [-0.15, -0.1) is 0 Å². The third-order valence-electron chi connectivity index (χ3n) is 1.82. The summed E-state index contributed by atoms with van der Waals surface area (Å²) in [7, 11) is 0. The van der Waals surface area contributed by atoms with Crippen molar-refractivity contribution in [2.75, 3.05) is 25.1 Å². The number of halogens is 3. The Hall–Kier alpha value is -1.63. The van der Waals surface area contributed by atoms with Crippen molar-refractivity contribution in [2.45, 2.75) is 13.1 Å². The van der Waals surface area contributed by atoms with E-state index in [0.717, 1.165) is 17.8 Å². The first kappa shape index (κ1) is 14.4. The summed E-state index contributed by atoms with van der Waals surface area (Å²) in [6.45, 7) is 6.57. The van der Waals surface area contributed by atoms with Crippen LogP contribution in [-0.4, -0.2) is 29.7 Å². The lowest BCUT2D eigenvalue weighted by Crippen LogP contribution is -2.15. The highest BCUT2D eigenvalue weighted by Crippen LogP contribution is 2.27. The standard InChI is InChI=1S/C11H14F3N3O/c1-8(2)7-18-6-5-16-10-15-4-3-9(17-10)11(12,13)14/h3-4H,1,5-7H2,2H3,(H,15,16,17). The summed E-state index contributed by atoms with van der Waals surface area (Å²) in [5.41, 5.74) is -0.0897. The van der Waals surface area contributed by atoms with Gasteiger partial charge in [-0.05, 0) is 13.0 Å². The van der Waals surface area contributed by atoms with Gasteiger partial charge in [0.25, 0.3) is 0 Å². The van der Waals surface area contributed by atoms with Gasteiger partial charge in [-0.3, -0.25) is 0 Å². The Morgan fingerprint density at radius 2 is 2.22 bits per heavy atom. The fraction of sp³-hybridized carbons (Fsp3) is 0.455. The van der Waals surface area contributed by atoms with Crippen LogP contribution in [0.25, 0.3) is 0 Å². The van der Waals surface area contributed by atoms with Gasteiger partial charge in [0, 0.05) is 12.7 Å². The van der Waals surface area contributed by atoms with Crippen LogP contribution in [0.1, 0.15) is 12.6 Å². The Morgan fingerprint density at radius 1 is 1.50 bits per heavy atom. The summed E-state index contributed by atoms with van der Waals surface area (Å²) in [5, 5.41) is 2.65. The van der Waals surface area contributed by atoms with Crippen molar-refractivity contribution < 1.29 is 17.9 Å². The smallest absolute Gasteiger partial charge is 0.375 e. The van der Waals surface area contributed by atoms with E-state index in [-0.39, 0.29) is 5.95 Å². The van der Waals surface area contributed by atoms with E-state index >= 15 is 0 Å². The van der Waals surface area contributed by atoms with E-state index in [1.54, 1.807) is 0 Å². The van der Waals surface area contributed by atoms with Crippen molar-refractivity contribution in [3.63, 3.8) is 0 Å². The molecule has 0 spiro atoms. The number of alkyl halides is 3. The van der Waals surface area contributed by atoms with E-state index in [0.29, 0.717) is 19.8 Å². The molecule has 0 atom stereocenters. The molecule has 1 heterocycles. The van der Waals surface area contributed by atoms with Gasteiger partial charge in [0.1, 0.15) is 5.69 Å². The number of hydrogen-bond acceptors (Lipinski definition) is 4. The number of rotatable bonds is 6. The molecule has 1 rings (SSSR count). The van der Waals surface area contributed by atoms with E-state index in [1.165, 1.54) is 0 Å². The second-order valence-corrected chi connectivity index (χ2v) is 3.70. The lowest BCUT2D eigenvalue weighted by Gasteiger charge is -2.08. The molecule has 7 heteroatoms. The first-order chi connectivity index (χ1) is 8.39. The number of anilines is 1. The average molecular weight is 261 g/mol. The van der Waals surface area contributed by atoms with Crippen molar-refractivity contribution in [3.8, 4) is 0 Å². The SMILES string of the molecule is C=C(C)COCCNc1nccc(C(F)(F)F)n1. The molecule has 1 aromatic heterocycles. The number of aromatic nitrogens is 2. The Morgan fingerprint density at radius 3 is 2.83 bits per heavy atom. The minimum absolute atomic E-state index is 0.0660. The van der Waals surface area contributed by atoms with Crippen LogP contribution >= 0.6 is 0 Å². The molecule has 0 bridgehead atoms. The molecule has 0 saturated heterocycles. The van der Waals surface area contributed by atoms with Crippen molar-refractivity contribution >= 4 is 5.95 Å². The molecule has 0 saturated carbocycles. The van der Waals surface area contributed by atoms with Gasteiger partial charge in [0.15, 0.2) is 0 Å². The quantitative estimate of drug-likeness (QED) is 0.631. The minimum atomic E-state index is -4.46. The molecule has 0 fully saturated rings. The van der Waals surface area contributed by atoms with E-state index in [2.05, 4.69) is 21.9 Å². The molecule has 0 aliphatic heterocycles. The molecule has 4 nitrogen and oxygen atoms in total. The fourth-order valence-corrected chi connectivity index (χ4v) is 1.08. The summed E-state index contributed by atoms with van der Waals surface area (Å²) >= 11 is 0. The predicted molar refractivity (Wildman–Crippen MR) is 61.2 cm³/mol. The number of nitrogens with zero attached hydrogens (tertiary/aromatic N) is 2. The fourth-order valence-electron chi connectivity index (χ4n) is 1.08. The molecule has 0 radical (unpaired) electrons. The lowest BCUT2D eigenvalue weighted by atomic mass is 10.4. The monoisotopic (exact) mass is 261 g/mol. The predicted octanol–water partition coefficient (Wildman–Crippen LogP) is 2.50. The van der Waals surface area contributed by atoms with Crippen LogP contribution in [0.15, 0.2) is 24.4 Å². The maximum absolute atomic E-state index is 12.3. The van der Waals surface area contributed by atoms with Gasteiger partial charge >= 0.3 is 6.18 Å². The lowest BCUT2D eigenvalue weighted by molar-refractivity contribution is -0.141. The van der Waals surface area contributed by atoms with Gasteiger partial charge in [-0.2, -0.15) is 13.2 Å². The topological polar surface area (TPSA) is 47.0 Å². The van der Waals surface area contributed by atoms with Gasteiger partial charge < -0.3 is 10.1 Å². The number of ether oxygens (including phenoxy) is 1. The molecule has 0 aromatic carbocycles. The first-order valence-corrected chi connectivity index (χ1v) is 5.26. The second-order valence-electron chi connectivity index (χ2n) is 3.70. The van der Waals surface area contributed by atoms with Crippen LogP contribution in [0.5, 0.6) is 0 Å². The summed E-state index contributed by atoms with van der Waals surface area (Å²) in [5.74, 6) is -0.0660. The Balaban J connectivity index is 2.41. The normalized spacial score (nSPS) is 11.3. The molecular formula is C11H14F3N3O. The summed E-state index contributed by atoms with van der Waals surface area (Å²) in [6, 6.07) is 0.822. The highest BCUT2D eigenvalue weighted by molar-refractivity contribution is 5.25. The van der Waals surface area contributed by atoms with E-state index in [1.807, 2.05) is 6.92 Å². The zero-order valence-corrected chi connectivity index (χ0v) is 9.92. The summed E-state index contributed by atoms with van der Waals surface area (Å²) < 4.78 is 42.2. The molecule has 1 aromatic rings. The number of nitrogens with one attached hydrogen (secondary N) is 1. The largest absolute Gasteiger partial charge is 0.433 e. The van der Waals surface area contributed by atoms with E-state index in [4.69, 9.17) is 4.74 Å². The second kappa shape index (κ2) is 6.34. The summed E-state index contributed by atoms with van der Waals surface area (Å²) in [4.78, 5) is 7.05. The van der Waals surface area contributed by atoms with E-state index < -0.39 is 11.9 Å². The highest BCUT2D eigenvalue weighted by atomic mass is 19.4. The molecule has 1 N–H and O–H groups in total. The van der Waals surface area contributed by atoms with Crippen LogP contribution in [0, 0.1) is 0 Å². The van der Waals surface area contributed by atoms with Gasteiger partial charge in [0.05, 0.1) is 13.2 Å². The molecule has 0 aliphatic rings. The molecule has 0 aliphatic carbocycles. The Bertz CT molecular complexity index is 407. The van der Waals surface area contributed by atoms with Crippen molar-refractivity contribution in [1.82, 2.24) is 9.97 Å². The van der Waals surface area contributed by atoms with Gasteiger partial charge in [0.2, 0.25) is 5.95 Å². The Labute approximate surface area is 103 Å². The maximum atomic E-state index is 12.3. The van der Waals surface area contributed by atoms with E-state index in [9.17, 15) is 13.2 Å². The molecular weight excluding hydrogens is 247 g/mol. The summed E-state index contributed by atoms with van der Waals surface area (Å²) in [6.07, 6.45) is -3.40. The van der Waals surface area contributed by atoms with Crippen LogP contribution < -0.4 is 5.32 Å². The third kappa shape index (κ3) is 5.13. The molecule has 100 valence electrons. The van der Waals surface area contributed by atoms with Gasteiger partial charge in [-0.1, -0.05) is 12.2 Å². The van der Waals surface area contributed by atoms with Crippen LogP contribution in [0.4, 0.5) is 19.1 Å². The van der Waals surface area contributed by atoms with Crippen LogP contribution in [-0.2, 0) is 10.9 Å². The first-order valence-electron chi connectivity index (χ1n) is 5.26. The van der Waals surface area contributed by atoms with Crippen molar-refractivity contribution in [2.24, 2.45) is 0 Å². The van der Waals surface area contributed by atoms with Crippen LogP contribution in [0.3, 0.4) is 0 Å². The average Bonchev–Trinajstić information content (AvgIpc) is 2.27. The number of hydrogen-bond donors (Lipinski definition) is 1. The zero-order valence-electron chi connectivity index (χ0n) is 9.92. The Kier molecular flexibility index (Phi) is 5.08. The maximum Gasteiger partial charge on any atom is 0.433 e. The van der Waals surface area contributed by atoms with Gasteiger partial charge in [-0.25, -0.2) is 9.97 Å². The highest BCUT2D eigenvalue weighted by Gasteiger charge is 2.32. The van der Waals surface area contributed by atoms with Crippen LogP contribution in [0.2, 0.25) is 0 Å². The third-order valence-corrected chi connectivity index (χ3v) is 1.82. The van der Waals surface area contributed by atoms with Crippen molar-refractivity contribution in [3.05, 3.63) is 30.1 Å². The van der Waals surface area contributed by atoms with Crippen molar-refractivity contribution in [1.29, 1.82) is 0 Å². The molecule has 0 amide bonds. The molecule has 0 unspecified atom stereocenters.